The van der Waals surface area contributed by atoms with Crippen molar-refractivity contribution in [2.24, 2.45) is 0 Å². The van der Waals surface area contributed by atoms with Crippen molar-refractivity contribution in [1.29, 1.82) is 0 Å². The van der Waals surface area contributed by atoms with Gasteiger partial charge in [0, 0.05) is 25.2 Å². The molecule has 0 heterocycles. The summed E-state index contributed by atoms with van der Waals surface area (Å²) >= 11 is 1.39. The molecule has 2 aromatic rings. The Kier molecular flexibility index (Phi) is 20.3. The van der Waals surface area contributed by atoms with Crippen LogP contribution in [-0.2, 0) is 20.8 Å². The van der Waals surface area contributed by atoms with Gasteiger partial charge < -0.3 is 26.0 Å². The maximum Gasteiger partial charge on any atom is 0.263 e. The van der Waals surface area contributed by atoms with Crippen LogP contribution in [-0.4, -0.2) is 55.6 Å². The second-order valence-electron chi connectivity index (χ2n) is 11.1. The van der Waals surface area contributed by atoms with E-state index in [1.807, 2.05) is 48.7 Å². The molecule has 244 valence electrons. The van der Waals surface area contributed by atoms with Crippen molar-refractivity contribution in [3.63, 3.8) is 0 Å². The summed E-state index contributed by atoms with van der Waals surface area (Å²) in [7, 11) is 0. The quantitative estimate of drug-likeness (QED) is 0.0745. The summed E-state index contributed by atoms with van der Waals surface area (Å²) in [6, 6.07) is 17.1. The van der Waals surface area contributed by atoms with Crippen molar-refractivity contribution in [2.45, 2.75) is 96.6 Å². The summed E-state index contributed by atoms with van der Waals surface area (Å²) < 4.78 is 5.81. The lowest BCUT2D eigenvalue weighted by molar-refractivity contribution is -0.127. The molecule has 1 unspecified atom stereocenters. The Morgan fingerprint density at radius 1 is 0.750 bits per heavy atom. The number of hydrogen-bond donors (Lipinski definition) is 4. The van der Waals surface area contributed by atoms with Crippen LogP contribution in [0.25, 0.3) is 0 Å². The second kappa shape index (κ2) is 24.2. The van der Waals surface area contributed by atoms with E-state index in [2.05, 4.69) is 28.2 Å². The molecule has 0 aliphatic carbocycles. The number of ether oxygens (including phenoxy) is 1. The number of carbonyl (C=O) groups excluding carboxylic acids is 3. The van der Waals surface area contributed by atoms with Crippen LogP contribution in [0.5, 0.6) is 5.75 Å². The zero-order valence-electron chi connectivity index (χ0n) is 26.8. The SMILES string of the molecule is CCCCCCCCCCCCNC(=O)CCCOc1ccc(NC(NC(=O)CSC)C(=O)NCCc2ccccc2)cc1. The molecule has 2 aromatic carbocycles. The van der Waals surface area contributed by atoms with Crippen LogP contribution in [0.1, 0.15) is 89.5 Å². The highest BCUT2D eigenvalue weighted by atomic mass is 32.2. The lowest BCUT2D eigenvalue weighted by atomic mass is 10.1. The Bertz CT molecular complexity index is 1050. The van der Waals surface area contributed by atoms with E-state index in [0.717, 1.165) is 18.5 Å². The number of carbonyl (C=O) groups is 3. The van der Waals surface area contributed by atoms with Crippen LogP contribution in [0, 0.1) is 0 Å². The van der Waals surface area contributed by atoms with Gasteiger partial charge in [0.25, 0.3) is 5.91 Å². The molecule has 0 saturated heterocycles. The fraction of sp³-hybridized carbons (Fsp3) is 0.571. The fourth-order valence-electron chi connectivity index (χ4n) is 4.74. The van der Waals surface area contributed by atoms with Gasteiger partial charge in [-0.2, -0.15) is 11.8 Å². The van der Waals surface area contributed by atoms with Gasteiger partial charge >= 0.3 is 0 Å². The van der Waals surface area contributed by atoms with E-state index in [9.17, 15) is 14.4 Å². The van der Waals surface area contributed by atoms with Gasteiger partial charge in [0.05, 0.1) is 12.4 Å². The van der Waals surface area contributed by atoms with Gasteiger partial charge in [-0.15, -0.1) is 0 Å². The largest absolute Gasteiger partial charge is 0.494 e. The van der Waals surface area contributed by atoms with Gasteiger partial charge in [0.2, 0.25) is 11.8 Å². The second-order valence-corrected chi connectivity index (χ2v) is 12.0. The van der Waals surface area contributed by atoms with Crippen molar-refractivity contribution in [3.05, 3.63) is 60.2 Å². The molecule has 0 aliphatic heterocycles. The zero-order valence-corrected chi connectivity index (χ0v) is 27.7. The van der Waals surface area contributed by atoms with Gasteiger partial charge in [-0.05, 0) is 55.3 Å². The Balaban J connectivity index is 1.63. The van der Waals surface area contributed by atoms with Gasteiger partial charge in [0.15, 0.2) is 6.17 Å². The van der Waals surface area contributed by atoms with Gasteiger partial charge in [-0.25, -0.2) is 0 Å². The number of unbranched alkanes of at least 4 members (excludes halogenated alkanes) is 9. The average Bonchev–Trinajstić information content (AvgIpc) is 3.03. The highest BCUT2D eigenvalue weighted by molar-refractivity contribution is 7.99. The monoisotopic (exact) mass is 626 g/mol. The number of thioether (sulfide) groups is 1. The van der Waals surface area contributed by atoms with E-state index >= 15 is 0 Å². The average molecular weight is 627 g/mol. The smallest absolute Gasteiger partial charge is 0.263 e. The van der Waals surface area contributed by atoms with Gasteiger partial charge in [-0.3, -0.25) is 14.4 Å². The van der Waals surface area contributed by atoms with Crippen LogP contribution < -0.4 is 26.0 Å². The Labute approximate surface area is 269 Å². The molecule has 0 radical (unpaired) electrons. The minimum Gasteiger partial charge on any atom is -0.494 e. The van der Waals surface area contributed by atoms with Crippen LogP contribution in [0.2, 0.25) is 0 Å². The predicted molar refractivity (Wildman–Crippen MR) is 183 cm³/mol. The topological polar surface area (TPSA) is 109 Å². The summed E-state index contributed by atoms with van der Waals surface area (Å²) in [6.45, 7) is 3.90. The number of rotatable bonds is 25. The third kappa shape index (κ3) is 17.8. The summed E-state index contributed by atoms with van der Waals surface area (Å²) in [4.78, 5) is 37.3. The zero-order chi connectivity index (χ0) is 31.7. The summed E-state index contributed by atoms with van der Waals surface area (Å²) in [5.41, 5.74) is 1.81. The maximum absolute atomic E-state index is 12.9. The minimum absolute atomic E-state index is 0.0701. The van der Waals surface area contributed by atoms with Crippen LogP contribution in [0.4, 0.5) is 5.69 Å². The van der Waals surface area contributed by atoms with E-state index in [1.54, 1.807) is 12.1 Å². The minimum atomic E-state index is -0.906. The van der Waals surface area contributed by atoms with E-state index in [-0.39, 0.29) is 23.5 Å². The Morgan fingerprint density at radius 3 is 2.07 bits per heavy atom. The van der Waals surface area contributed by atoms with Crippen LogP contribution in [0.3, 0.4) is 0 Å². The molecule has 3 amide bonds. The highest BCUT2D eigenvalue weighted by Crippen LogP contribution is 2.17. The maximum atomic E-state index is 12.9. The number of anilines is 1. The van der Waals surface area contributed by atoms with Crippen molar-refractivity contribution >= 4 is 35.2 Å². The number of hydrogen-bond acceptors (Lipinski definition) is 6. The molecule has 44 heavy (non-hydrogen) atoms. The molecule has 0 fully saturated rings. The van der Waals surface area contributed by atoms with Gasteiger partial charge in [0.1, 0.15) is 5.75 Å². The summed E-state index contributed by atoms with van der Waals surface area (Å²) in [5, 5.41) is 11.8. The van der Waals surface area contributed by atoms with E-state index in [1.165, 1.54) is 69.5 Å². The fourth-order valence-corrected chi connectivity index (χ4v) is 5.09. The first-order valence-electron chi connectivity index (χ1n) is 16.4. The predicted octanol–water partition coefficient (Wildman–Crippen LogP) is 6.46. The highest BCUT2D eigenvalue weighted by Gasteiger charge is 2.20. The Hall–Kier alpha value is -3.20. The normalized spacial score (nSPS) is 11.4. The third-order valence-corrected chi connectivity index (χ3v) is 7.78. The number of nitrogens with one attached hydrogen (secondary N) is 4. The molecule has 0 bridgehead atoms. The molecule has 0 aliphatic rings. The van der Waals surface area contributed by atoms with Gasteiger partial charge in [-0.1, -0.05) is 95.0 Å². The molecular formula is C35H54N4O4S. The van der Waals surface area contributed by atoms with Crippen molar-refractivity contribution in [2.75, 3.05) is 37.0 Å². The van der Waals surface area contributed by atoms with Crippen LogP contribution >= 0.6 is 11.8 Å². The molecule has 1 atom stereocenters. The molecular weight excluding hydrogens is 572 g/mol. The molecule has 4 N–H and O–H groups in total. The first kappa shape index (κ1) is 37.0. The standard InChI is InChI=1S/C35H54N4O4S/c1-3-4-5-6-7-8-9-10-11-15-25-36-32(40)19-16-27-43-31-22-20-30(21-23-31)38-34(39-33(41)28-44-2)35(42)37-26-24-29-17-13-12-14-18-29/h12-14,17-18,20-23,34,38H,3-11,15-16,19,24-28H2,1-2H3,(H,36,40)(H,37,42)(H,39,41). The molecule has 2 rings (SSSR count). The summed E-state index contributed by atoms with van der Waals surface area (Å²) in [6.07, 6.45) is 15.6. The molecule has 0 spiro atoms. The van der Waals surface area contributed by atoms with Crippen molar-refractivity contribution < 1.29 is 19.1 Å². The van der Waals surface area contributed by atoms with Crippen molar-refractivity contribution in [1.82, 2.24) is 16.0 Å². The van der Waals surface area contributed by atoms with E-state index in [4.69, 9.17) is 4.74 Å². The molecule has 0 aromatic heterocycles. The van der Waals surface area contributed by atoms with E-state index < -0.39 is 6.17 Å². The number of amides is 3. The molecule has 8 nitrogen and oxygen atoms in total. The third-order valence-electron chi connectivity index (χ3n) is 7.23. The first-order valence-corrected chi connectivity index (χ1v) is 17.8. The lowest BCUT2D eigenvalue weighted by Gasteiger charge is -2.21. The lowest BCUT2D eigenvalue weighted by Crippen LogP contribution is -2.52. The summed E-state index contributed by atoms with van der Waals surface area (Å²) in [5.74, 6) is 0.486. The van der Waals surface area contributed by atoms with Crippen LogP contribution in [0.15, 0.2) is 54.6 Å². The number of benzene rings is 2. The molecule has 9 heteroatoms. The Morgan fingerprint density at radius 2 is 1.41 bits per heavy atom. The van der Waals surface area contributed by atoms with Crippen molar-refractivity contribution in [3.8, 4) is 5.75 Å². The first-order chi connectivity index (χ1) is 21.5. The molecule has 0 saturated carbocycles. The van der Waals surface area contributed by atoms with E-state index in [0.29, 0.717) is 43.9 Å².